The standard InChI is InChI=1S/C62H90N8O18/c1-10-46(72)39(4)55-47(86-55)35-61(7,83)26-14-15-37(2)54-38(3)17-22-48(62(8,84-9)27-25-44(71)33-53(77)88-54)87-60(82)69-31-29-68(30-32-69)59(81)85-36-42-18-20-43(21-19-42)66-58(80)45(34-49(63)73)67-57(79)41(6)65-56(78)40(5)64-50(74)16-12-11-13-28-70-51(75)23-24-52(70)76/h14-15,17-24,26,38-41,44-48,54-55,71-72,83H,10-13,16,25,27-36H2,1-9H3,(H2,63,73)(H,64,74)(H,65,78)(H,66,80)(H,67,79)/b22-17-,26-14+,37-15+/t38-,39+,40-,41-,44+,45-,46-,47+,48-,54+,55+,61-,62+/m0/s1. The van der Waals surface area contributed by atoms with E-state index in [1.807, 2.05) is 20.8 Å². The third-order valence-corrected chi connectivity index (χ3v) is 16.2. The van der Waals surface area contributed by atoms with Crippen LogP contribution in [0.1, 0.15) is 125 Å². The first kappa shape index (κ1) is 71.2. The number of benzene rings is 1. The molecule has 0 bridgehead atoms. The maximum atomic E-state index is 13.9. The van der Waals surface area contributed by atoms with Gasteiger partial charge in [0.05, 0.1) is 42.9 Å². The number of unbranched alkanes of at least 4 members (excludes halogenated alkanes) is 2. The summed E-state index contributed by atoms with van der Waals surface area (Å²) in [5.74, 6) is -5.51. The molecule has 0 saturated carbocycles. The Morgan fingerprint density at radius 2 is 1.51 bits per heavy atom. The van der Waals surface area contributed by atoms with Gasteiger partial charge in [-0.3, -0.25) is 43.3 Å². The molecule has 0 radical (unpaired) electrons. The first-order valence-corrected chi connectivity index (χ1v) is 30.0. The van der Waals surface area contributed by atoms with E-state index in [1.165, 1.54) is 55.0 Å². The Kier molecular flexibility index (Phi) is 26.9. The van der Waals surface area contributed by atoms with E-state index < -0.39 is 114 Å². The lowest BCUT2D eigenvalue weighted by Gasteiger charge is -2.38. The number of hydrogen-bond acceptors (Lipinski definition) is 18. The SMILES string of the molecule is CC[C@H](O)[C@@H](C)[C@H]1O[C@@H]1C[C@@](C)(O)/C=C/C=C(\C)[C@H]1OC(=O)C[C@H](O)CC[C@@](C)(OC)[C@@H](OC(=O)N2CCN(C(=O)OCc3ccc(NC(=O)[C@H](CC(N)=O)NC(=O)[C@H](C)NC(=O)[C@H](C)NC(=O)CCCCCN4C(=O)C=CC4=O)cc3)CC2)/C=C\[C@@H]1C. The van der Waals surface area contributed by atoms with E-state index in [4.69, 9.17) is 29.4 Å². The summed E-state index contributed by atoms with van der Waals surface area (Å²) in [5, 5.41) is 42.4. The number of amides is 9. The quantitative estimate of drug-likeness (QED) is 0.0119. The number of piperazine rings is 1. The lowest BCUT2D eigenvalue weighted by molar-refractivity contribution is -0.151. The van der Waals surface area contributed by atoms with Gasteiger partial charge in [0, 0.05) is 82.4 Å². The average molecular weight is 1240 g/mol. The average Bonchev–Trinajstić information content (AvgIpc) is 3.04. The Morgan fingerprint density at radius 3 is 2.14 bits per heavy atom. The number of cyclic esters (lactones) is 1. The number of aliphatic hydroxyl groups excluding tert-OH is 2. The summed E-state index contributed by atoms with van der Waals surface area (Å²) >= 11 is 0. The number of nitrogens with one attached hydrogen (secondary N) is 4. The van der Waals surface area contributed by atoms with Crippen molar-refractivity contribution in [3.8, 4) is 0 Å². The highest BCUT2D eigenvalue weighted by Gasteiger charge is 2.47. The summed E-state index contributed by atoms with van der Waals surface area (Å²) in [6.45, 7) is 14.2. The summed E-state index contributed by atoms with van der Waals surface area (Å²) < 4.78 is 29.4. The largest absolute Gasteiger partial charge is 0.457 e. The zero-order chi connectivity index (χ0) is 65.0. The van der Waals surface area contributed by atoms with Crippen LogP contribution >= 0.6 is 0 Å². The Hall–Kier alpha value is -7.52. The fraction of sp³-hybridized carbons (Fsp3) is 0.613. The molecule has 88 heavy (non-hydrogen) atoms. The van der Waals surface area contributed by atoms with Crippen molar-refractivity contribution in [3.05, 3.63) is 77.9 Å². The fourth-order valence-corrected chi connectivity index (χ4v) is 10.3. The van der Waals surface area contributed by atoms with Crippen molar-refractivity contribution in [1.82, 2.24) is 30.7 Å². The van der Waals surface area contributed by atoms with Gasteiger partial charge >= 0.3 is 18.2 Å². The van der Waals surface area contributed by atoms with Crippen molar-refractivity contribution in [3.63, 3.8) is 0 Å². The van der Waals surface area contributed by atoms with Crippen LogP contribution in [0.25, 0.3) is 0 Å². The molecule has 1 aromatic carbocycles. The molecule has 13 atom stereocenters. The van der Waals surface area contributed by atoms with Gasteiger partial charge in [0.15, 0.2) is 6.10 Å². The summed E-state index contributed by atoms with van der Waals surface area (Å²) in [5.41, 5.74) is 4.49. The highest BCUT2D eigenvalue weighted by molar-refractivity contribution is 6.12. The van der Waals surface area contributed by atoms with Crippen LogP contribution in [0.4, 0.5) is 15.3 Å². The summed E-state index contributed by atoms with van der Waals surface area (Å²) in [6.07, 6.45) is 7.90. The predicted octanol–water partition coefficient (Wildman–Crippen LogP) is 3.11. The van der Waals surface area contributed by atoms with Crippen LogP contribution in [0.5, 0.6) is 0 Å². The number of allylic oxidation sites excluding steroid dienone is 2. The molecule has 0 unspecified atom stereocenters. The molecule has 0 aliphatic carbocycles. The maximum absolute atomic E-state index is 13.9. The van der Waals surface area contributed by atoms with E-state index in [1.54, 1.807) is 63.3 Å². The molecule has 9 amide bonds. The number of methoxy groups -OCH3 is 1. The van der Waals surface area contributed by atoms with E-state index in [0.29, 0.717) is 43.2 Å². The van der Waals surface area contributed by atoms with Crippen LogP contribution in [0.3, 0.4) is 0 Å². The number of carbonyl (C=O) groups excluding carboxylic acids is 10. The highest BCUT2D eigenvalue weighted by atomic mass is 16.6. The molecule has 4 aliphatic heterocycles. The van der Waals surface area contributed by atoms with E-state index >= 15 is 0 Å². The van der Waals surface area contributed by atoms with E-state index in [2.05, 4.69) is 21.3 Å². The topological polar surface area (TPSA) is 365 Å². The molecule has 0 aromatic heterocycles. The van der Waals surface area contributed by atoms with Gasteiger partial charge in [-0.2, -0.15) is 0 Å². The van der Waals surface area contributed by atoms with Crippen molar-refractivity contribution < 1.29 is 86.9 Å². The number of ether oxygens (including phenoxy) is 5. The number of anilines is 1. The molecular weight excluding hydrogens is 1140 g/mol. The molecule has 26 heteroatoms. The zero-order valence-electron chi connectivity index (χ0n) is 51.9. The normalized spacial score (nSPS) is 25.3. The molecule has 486 valence electrons. The first-order valence-electron chi connectivity index (χ1n) is 30.0. The minimum Gasteiger partial charge on any atom is -0.457 e. The Morgan fingerprint density at radius 1 is 0.886 bits per heavy atom. The molecule has 2 fully saturated rings. The van der Waals surface area contributed by atoms with Crippen molar-refractivity contribution >= 4 is 65.2 Å². The Labute approximate surface area is 513 Å². The van der Waals surface area contributed by atoms with Gasteiger partial charge in [0.25, 0.3) is 11.8 Å². The number of nitrogens with two attached hydrogens (primary N) is 1. The predicted molar refractivity (Wildman–Crippen MR) is 320 cm³/mol. The number of hydrogen-bond donors (Lipinski definition) is 8. The third-order valence-electron chi connectivity index (χ3n) is 16.2. The number of aliphatic hydroxyl groups is 3. The minimum atomic E-state index is -1.44. The summed E-state index contributed by atoms with van der Waals surface area (Å²) in [6, 6.07) is 2.52. The second kappa shape index (κ2) is 33.2. The van der Waals surface area contributed by atoms with Gasteiger partial charge in [-0.05, 0) is 96.1 Å². The molecule has 26 nitrogen and oxygen atoms in total. The lowest BCUT2D eigenvalue weighted by Crippen LogP contribution is -2.55. The smallest absolute Gasteiger partial charge is 0.410 e. The molecule has 0 spiro atoms. The van der Waals surface area contributed by atoms with Gasteiger partial charge < -0.3 is 75.8 Å². The van der Waals surface area contributed by atoms with Crippen LogP contribution in [-0.2, 0) is 68.6 Å². The van der Waals surface area contributed by atoms with Crippen molar-refractivity contribution in [2.45, 2.75) is 192 Å². The van der Waals surface area contributed by atoms with Crippen LogP contribution in [-0.4, -0.2) is 195 Å². The van der Waals surface area contributed by atoms with Crippen LogP contribution < -0.4 is 27.0 Å². The van der Waals surface area contributed by atoms with Gasteiger partial charge in [-0.15, -0.1) is 0 Å². The number of rotatable bonds is 27. The second-order valence-electron chi connectivity index (χ2n) is 23.6. The van der Waals surface area contributed by atoms with E-state index in [0.717, 1.165) is 4.90 Å². The number of primary amides is 1. The van der Waals surface area contributed by atoms with Gasteiger partial charge in [0.1, 0.15) is 36.4 Å². The zero-order valence-corrected chi connectivity index (χ0v) is 51.9. The number of nitrogens with zero attached hydrogens (tertiary/aromatic N) is 3. The highest BCUT2D eigenvalue weighted by Crippen LogP contribution is 2.38. The minimum absolute atomic E-state index is 0.0650. The second-order valence-corrected chi connectivity index (χ2v) is 23.6. The number of carbonyl (C=O) groups is 10. The van der Waals surface area contributed by atoms with E-state index in [9.17, 15) is 63.3 Å². The maximum Gasteiger partial charge on any atom is 0.410 e. The van der Waals surface area contributed by atoms with Crippen molar-refractivity contribution in [2.75, 3.05) is 45.2 Å². The molecular formula is C62H90N8O18. The Bertz CT molecular complexity index is 2740. The summed E-state index contributed by atoms with van der Waals surface area (Å²) in [7, 11) is 1.47. The molecule has 9 N–H and O–H groups in total. The van der Waals surface area contributed by atoms with E-state index in [-0.39, 0.29) is 101 Å². The van der Waals surface area contributed by atoms with Crippen LogP contribution in [0, 0.1) is 11.8 Å². The van der Waals surface area contributed by atoms with Crippen molar-refractivity contribution in [1.29, 1.82) is 0 Å². The van der Waals surface area contributed by atoms with Crippen molar-refractivity contribution in [2.24, 2.45) is 17.6 Å². The van der Waals surface area contributed by atoms with Gasteiger partial charge in [-0.1, -0.05) is 63.6 Å². The third kappa shape index (κ3) is 22.0. The van der Waals surface area contributed by atoms with Gasteiger partial charge in [-0.25, -0.2) is 9.59 Å². The monoisotopic (exact) mass is 1230 g/mol. The van der Waals surface area contributed by atoms with Crippen LogP contribution in [0.15, 0.2) is 72.4 Å². The number of imide groups is 1. The summed E-state index contributed by atoms with van der Waals surface area (Å²) in [4.78, 5) is 131. The molecule has 5 rings (SSSR count). The molecule has 1 aromatic rings. The molecule has 4 aliphatic rings. The molecule has 4 heterocycles. The fourth-order valence-electron chi connectivity index (χ4n) is 10.3. The Balaban J connectivity index is 1.08. The molecule has 2 saturated heterocycles. The first-order chi connectivity index (χ1) is 41.5. The van der Waals surface area contributed by atoms with Gasteiger partial charge in [0.2, 0.25) is 29.5 Å². The van der Waals surface area contributed by atoms with Crippen LogP contribution in [0.2, 0.25) is 0 Å². The lowest BCUT2D eigenvalue weighted by atomic mass is 9.88. The number of esters is 1. The number of epoxide rings is 1.